The second kappa shape index (κ2) is 7.37. The maximum Gasteiger partial charge on any atom is 0.255 e. The molecule has 1 aromatic carbocycles. The van der Waals surface area contributed by atoms with Gasteiger partial charge in [0.2, 0.25) is 5.89 Å². The molecule has 0 saturated carbocycles. The first-order valence-electron chi connectivity index (χ1n) is 10.5. The maximum absolute atomic E-state index is 13.6. The third kappa shape index (κ3) is 2.69. The van der Waals surface area contributed by atoms with Crippen molar-refractivity contribution in [2.75, 3.05) is 0 Å². The lowest BCUT2D eigenvalue weighted by Crippen LogP contribution is -2.50. The molecule has 34 heavy (non-hydrogen) atoms. The molecule has 0 radical (unpaired) electrons. The minimum Gasteiger partial charge on any atom is -0.511 e. The van der Waals surface area contributed by atoms with Gasteiger partial charge in [-0.15, -0.1) is 0 Å². The number of rotatable bonds is 3. The van der Waals surface area contributed by atoms with Gasteiger partial charge < -0.3 is 25.5 Å². The summed E-state index contributed by atoms with van der Waals surface area (Å²) >= 11 is 0. The highest BCUT2D eigenvalue weighted by molar-refractivity contribution is 6.22. The van der Waals surface area contributed by atoms with Crippen LogP contribution in [-0.4, -0.2) is 43.8 Å². The van der Waals surface area contributed by atoms with Crippen LogP contribution in [0.15, 0.2) is 56.9 Å². The summed E-state index contributed by atoms with van der Waals surface area (Å²) in [4.78, 5) is 54.4. The van der Waals surface area contributed by atoms with Crippen molar-refractivity contribution in [3.05, 3.63) is 63.3 Å². The molecule has 0 fully saturated rings. The summed E-state index contributed by atoms with van der Waals surface area (Å²) in [5.41, 5.74) is 4.79. The van der Waals surface area contributed by atoms with E-state index < -0.39 is 70.0 Å². The lowest BCUT2D eigenvalue weighted by atomic mass is 9.57. The van der Waals surface area contributed by atoms with Gasteiger partial charge in [0.25, 0.3) is 5.91 Å². The lowest BCUT2D eigenvalue weighted by Gasteiger charge is -2.45. The zero-order valence-corrected chi connectivity index (χ0v) is 17.8. The molecule has 0 bridgehead atoms. The number of hydrogen-bond acceptors (Lipinski definition) is 10. The molecule has 1 amide bonds. The van der Waals surface area contributed by atoms with E-state index in [0.717, 1.165) is 0 Å². The first-order valence-corrected chi connectivity index (χ1v) is 10.5. The largest absolute Gasteiger partial charge is 0.511 e. The number of fused-ring (bicyclic) bond motifs is 3. The Bertz CT molecular complexity index is 1340. The van der Waals surface area contributed by atoms with E-state index in [1.54, 1.807) is 13.0 Å². The van der Waals surface area contributed by atoms with Crippen LogP contribution in [0.3, 0.4) is 0 Å². The fourth-order valence-electron chi connectivity index (χ4n) is 5.66. The predicted molar refractivity (Wildman–Crippen MR) is 115 cm³/mol. The first-order chi connectivity index (χ1) is 16.2. The summed E-state index contributed by atoms with van der Waals surface area (Å²) < 4.78 is 5.23. The van der Waals surface area contributed by atoms with E-state index >= 15 is 0 Å². The summed E-state index contributed by atoms with van der Waals surface area (Å²) in [6.45, 7) is 1.71. The zero-order chi connectivity index (χ0) is 24.5. The lowest BCUT2D eigenvalue weighted by molar-refractivity contribution is -0.126. The number of hydrogen-bond donors (Lipinski definition) is 4. The van der Waals surface area contributed by atoms with Crippen LogP contribution in [0, 0.1) is 22.7 Å². The molecule has 3 aliphatic carbocycles. The van der Waals surface area contributed by atoms with Crippen LogP contribution >= 0.6 is 0 Å². The molecule has 4 unspecified atom stereocenters. The standard InChI is InChI=1S/C23H19N3O8/c1-7-8-2-3-9(23-25-4-5-34-23)18(28)13(8)20(30)16-12(7)17(26-33)10-6-11(27)15(22(24)32)19(29)14(10)21(16)31/h2-5,7,10,12,14,17,27-28,31H,6H2,1H3,(H2,24,32)/t7-,10?,12?,14?,17?/m0/s1. The Balaban J connectivity index is 1.73. The summed E-state index contributed by atoms with van der Waals surface area (Å²) in [6.07, 6.45) is 2.39. The fourth-order valence-corrected chi connectivity index (χ4v) is 5.66. The topological polar surface area (TPSA) is 193 Å². The number of nitrogens with two attached hydrogens (primary N) is 1. The molecule has 11 nitrogen and oxygen atoms in total. The molecule has 1 heterocycles. The van der Waals surface area contributed by atoms with Gasteiger partial charge in [0.05, 0.1) is 23.2 Å². The molecular weight excluding hydrogens is 446 g/mol. The number of phenols is 1. The Labute approximate surface area is 191 Å². The Morgan fingerprint density at radius 3 is 2.59 bits per heavy atom. The van der Waals surface area contributed by atoms with Gasteiger partial charge in [0.1, 0.15) is 35.1 Å². The number of allylic oxidation sites excluding steroid dienone is 2. The van der Waals surface area contributed by atoms with E-state index in [9.17, 15) is 34.6 Å². The minimum atomic E-state index is -1.46. The average molecular weight is 465 g/mol. The number of amides is 1. The fraction of sp³-hybridized carbons (Fsp3) is 0.304. The van der Waals surface area contributed by atoms with Crippen molar-refractivity contribution in [2.45, 2.75) is 25.3 Å². The molecule has 3 aliphatic rings. The molecule has 5 atom stereocenters. The van der Waals surface area contributed by atoms with E-state index in [2.05, 4.69) is 10.2 Å². The number of primary amides is 1. The molecule has 0 spiro atoms. The smallest absolute Gasteiger partial charge is 0.255 e. The summed E-state index contributed by atoms with van der Waals surface area (Å²) in [5.74, 6) is -8.40. The van der Waals surface area contributed by atoms with Gasteiger partial charge in [-0.05, 0) is 17.5 Å². The molecule has 1 aromatic heterocycles. The number of aromatic hydroxyl groups is 1. The third-order valence-corrected chi connectivity index (χ3v) is 7.13. The second-order valence-electron chi connectivity index (χ2n) is 8.70. The molecular formula is C23H19N3O8. The van der Waals surface area contributed by atoms with Crippen molar-refractivity contribution in [3.8, 4) is 17.2 Å². The van der Waals surface area contributed by atoms with E-state index in [-0.39, 0.29) is 29.0 Å². The highest BCUT2D eigenvalue weighted by Crippen LogP contribution is 2.55. The van der Waals surface area contributed by atoms with E-state index in [1.165, 1.54) is 18.5 Å². The first kappa shape index (κ1) is 21.6. The highest BCUT2D eigenvalue weighted by Gasteiger charge is 2.57. The van der Waals surface area contributed by atoms with Gasteiger partial charge in [-0.3, -0.25) is 14.4 Å². The van der Waals surface area contributed by atoms with Crippen LogP contribution in [0.2, 0.25) is 0 Å². The van der Waals surface area contributed by atoms with Crippen LogP contribution in [-0.2, 0) is 9.59 Å². The van der Waals surface area contributed by atoms with E-state index in [4.69, 9.17) is 10.2 Å². The molecule has 5 N–H and O–H groups in total. The van der Waals surface area contributed by atoms with Gasteiger partial charge in [0, 0.05) is 23.8 Å². The quantitative estimate of drug-likeness (QED) is 0.389. The van der Waals surface area contributed by atoms with Crippen molar-refractivity contribution in [3.63, 3.8) is 0 Å². The molecule has 2 aromatic rings. The molecule has 0 saturated heterocycles. The minimum absolute atomic E-state index is 0.0754. The molecule has 0 aliphatic heterocycles. The normalized spacial score (nSPS) is 28.3. The highest BCUT2D eigenvalue weighted by atomic mass is 16.3. The van der Waals surface area contributed by atoms with Crippen LogP contribution in [0.1, 0.15) is 35.2 Å². The Morgan fingerprint density at radius 1 is 1.24 bits per heavy atom. The summed E-state index contributed by atoms with van der Waals surface area (Å²) in [7, 11) is 0. The number of oxazole rings is 1. The number of nitrogens with zero attached hydrogens (tertiary/aromatic N) is 2. The number of nitroso groups, excluding NO2 is 1. The maximum atomic E-state index is 13.6. The van der Waals surface area contributed by atoms with E-state index in [0.29, 0.717) is 5.56 Å². The van der Waals surface area contributed by atoms with Crippen molar-refractivity contribution >= 4 is 17.5 Å². The number of benzene rings is 1. The summed E-state index contributed by atoms with van der Waals surface area (Å²) in [6, 6.07) is 1.97. The van der Waals surface area contributed by atoms with Gasteiger partial charge in [-0.25, -0.2) is 4.98 Å². The average Bonchev–Trinajstić information content (AvgIpc) is 3.31. The number of Topliss-reactive ketones (excluding diaryl/α,β-unsaturated/α-hetero) is 2. The van der Waals surface area contributed by atoms with Gasteiger partial charge in [0.15, 0.2) is 11.6 Å². The Hall–Kier alpha value is -4.28. The Morgan fingerprint density at radius 2 is 1.97 bits per heavy atom. The number of carbonyl (C=O) groups is 3. The van der Waals surface area contributed by atoms with Gasteiger partial charge >= 0.3 is 0 Å². The number of aliphatic hydroxyl groups excluding tert-OH is 2. The van der Waals surface area contributed by atoms with Crippen LogP contribution in [0.4, 0.5) is 0 Å². The van der Waals surface area contributed by atoms with Crippen molar-refractivity contribution < 1.29 is 34.1 Å². The molecule has 11 heteroatoms. The number of aliphatic hydroxyl groups is 2. The van der Waals surface area contributed by atoms with Crippen LogP contribution in [0.25, 0.3) is 11.5 Å². The predicted octanol–water partition coefficient (Wildman–Crippen LogP) is 2.43. The monoisotopic (exact) mass is 465 g/mol. The van der Waals surface area contributed by atoms with Crippen molar-refractivity contribution in [1.82, 2.24) is 4.98 Å². The second-order valence-corrected chi connectivity index (χ2v) is 8.70. The molecule has 174 valence electrons. The molecule has 5 rings (SSSR count). The van der Waals surface area contributed by atoms with Gasteiger partial charge in [-0.2, -0.15) is 4.91 Å². The number of carbonyl (C=O) groups excluding carboxylic acids is 3. The zero-order valence-electron chi connectivity index (χ0n) is 17.8. The Kier molecular flexibility index (Phi) is 4.67. The number of ketones is 2. The third-order valence-electron chi connectivity index (χ3n) is 7.13. The van der Waals surface area contributed by atoms with Crippen molar-refractivity contribution in [1.29, 1.82) is 0 Å². The SMILES string of the molecule is C[C@H]1c2ccc(-c3ncco3)c(O)c2C(=O)C2=C(O)C3C(=O)C(C(N)=O)=C(O)CC3C(N=O)C21. The van der Waals surface area contributed by atoms with E-state index in [1.807, 2.05) is 0 Å². The van der Waals surface area contributed by atoms with Crippen molar-refractivity contribution in [2.24, 2.45) is 28.7 Å². The number of phenolic OH excluding ortho intramolecular Hbond substituents is 1. The van der Waals surface area contributed by atoms with Gasteiger partial charge in [-0.1, -0.05) is 18.2 Å². The van der Waals surface area contributed by atoms with Crippen LogP contribution < -0.4 is 5.73 Å². The van der Waals surface area contributed by atoms with Crippen LogP contribution in [0.5, 0.6) is 5.75 Å². The number of aromatic nitrogens is 1. The summed E-state index contributed by atoms with van der Waals surface area (Å²) in [5, 5.41) is 35.6.